The Bertz CT molecular complexity index is 1250. The minimum absolute atomic E-state index is 0.0728. The van der Waals surface area contributed by atoms with E-state index in [1.807, 2.05) is 12.5 Å². The number of ether oxygens (including phenoxy) is 4. The molecule has 4 rings (SSSR count). The number of hydrogen-bond acceptors (Lipinski definition) is 5. The molecule has 236 valence electrons. The van der Waals surface area contributed by atoms with Crippen LogP contribution in [0.1, 0.15) is 92.5 Å². The Hall–Kier alpha value is -3.51. The SMILES string of the molecule is [CH2+][CH-]CCOc1ccc(C(=O)OC2CCC(c3ccc(-c4ccc(OCCCCCCCCOC)c(F)c4)cc3)CC2)cc1. The summed E-state index contributed by atoms with van der Waals surface area (Å²) in [6.45, 7) is 5.61. The van der Waals surface area contributed by atoms with Crippen LogP contribution in [0.3, 0.4) is 0 Å². The highest BCUT2D eigenvalue weighted by Crippen LogP contribution is 2.35. The third-order valence-corrected chi connectivity index (χ3v) is 8.28. The highest BCUT2D eigenvalue weighted by atomic mass is 19.1. The summed E-state index contributed by atoms with van der Waals surface area (Å²) in [6.07, 6.45) is 12.8. The maximum absolute atomic E-state index is 14.8. The van der Waals surface area contributed by atoms with E-state index in [0.29, 0.717) is 30.4 Å². The molecule has 5 nitrogen and oxygen atoms in total. The lowest BCUT2D eigenvalue weighted by molar-refractivity contribution is 0.0195. The first-order valence-corrected chi connectivity index (χ1v) is 16.1. The highest BCUT2D eigenvalue weighted by Gasteiger charge is 2.25. The normalized spacial score (nSPS) is 16.4. The lowest BCUT2D eigenvalue weighted by atomic mass is 9.82. The molecule has 6 heteroatoms. The summed E-state index contributed by atoms with van der Waals surface area (Å²) in [5.41, 5.74) is 3.62. The lowest BCUT2D eigenvalue weighted by Gasteiger charge is -2.28. The van der Waals surface area contributed by atoms with Gasteiger partial charge in [0.15, 0.2) is 11.6 Å². The summed E-state index contributed by atoms with van der Waals surface area (Å²) >= 11 is 0. The molecule has 0 atom stereocenters. The first kappa shape index (κ1) is 33.4. The molecule has 0 unspecified atom stereocenters. The van der Waals surface area contributed by atoms with Gasteiger partial charge in [0, 0.05) is 13.7 Å². The summed E-state index contributed by atoms with van der Waals surface area (Å²) in [7, 11) is 1.74. The van der Waals surface area contributed by atoms with Gasteiger partial charge in [0.1, 0.15) is 11.9 Å². The van der Waals surface area contributed by atoms with Crippen molar-refractivity contribution in [2.75, 3.05) is 26.9 Å². The van der Waals surface area contributed by atoms with E-state index in [-0.39, 0.29) is 17.9 Å². The van der Waals surface area contributed by atoms with Crippen LogP contribution in [0.4, 0.5) is 4.39 Å². The third kappa shape index (κ3) is 10.6. The first-order valence-electron chi connectivity index (χ1n) is 16.1. The van der Waals surface area contributed by atoms with Crippen molar-refractivity contribution in [3.05, 3.63) is 97.0 Å². The Labute approximate surface area is 263 Å². The second-order valence-corrected chi connectivity index (χ2v) is 11.6. The zero-order chi connectivity index (χ0) is 31.0. The number of halogens is 1. The van der Waals surface area contributed by atoms with Gasteiger partial charge in [0.25, 0.3) is 0 Å². The van der Waals surface area contributed by atoms with E-state index in [4.69, 9.17) is 18.9 Å². The van der Waals surface area contributed by atoms with E-state index in [1.54, 1.807) is 43.5 Å². The predicted octanol–water partition coefficient (Wildman–Crippen LogP) is 9.55. The smallest absolute Gasteiger partial charge is 0.338 e. The van der Waals surface area contributed by atoms with Crippen LogP contribution in [-0.4, -0.2) is 39.0 Å². The molecule has 0 N–H and O–H groups in total. The standard InChI is InChI=1S/C38H47FO5/c1-3-4-26-42-34-20-17-32(18-21-34)38(40)44-35-22-15-30(16-23-35)29-11-13-31(14-12-29)33-19-24-37(36(39)28-33)43-27-10-8-6-5-7-9-25-41-2/h3,11-14,17-21,24,28,30,35H,1,4-10,15-16,22-23,25-27H2,2H3. The Morgan fingerprint density at radius 3 is 2.11 bits per heavy atom. The summed E-state index contributed by atoms with van der Waals surface area (Å²) in [5, 5.41) is 0. The first-order chi connectivity index (χ1) is 21.6. The van der Waals surface area contributed by atoms with Crippen LogP contribution in [0.15, 0.2) is 66.7 Å². The van der Waals surface area contributed by atoms with Crippen molar-refractivity contribution < 1.29 is 28.1 Å². The molecule has 1 saturated carbocycles. The second-order valence-electron chi connectivity index (χ2n) is 11.6. The molecule has 0 aliphatic heterocycles. The summed E-state index contributed by atoms with van der Waals surface area (Å²) in [4.78, 5) is 12.7. The van der Waals surface area contributed by atoms with E-state index in [1.165, 1.54) is 24.8 Å². The fourth-order valence-corrected chi connectivity index (χ4v) is 5.66. The van der Waals surface area contributed by atoms with Gasteiger partial charge in [0.05, 0.1) is 18.8 Å². The van der Waals surface area contributed by atoms with Crippen LogP contribution in [0.25, 0.3) is 11.1 Å². The molecule has 1 aliphatic carbocycles. The molecule has 3 aromatic rings. The fraction of sp³-hybridized carbons (Fsp3) is 0.447. The monoisotopic (exact) mass is 602 g/mol. The van der Waals surface area contributed by atoms with E-state index in [2.05, 4.69) is 31.2 Å². The summed E-state index contributed by atoms with van der Waals surface area (Å²) in [5.74, 6) is 0.847. The number of carbonyl (C=O) groups excluding carboxylic acids is 1. The van der Waals surface area contributed by atoms with Crippen LogP contribution in [0.2, 0.25) is 0 Å². The molecule has 44 heavy (non-hydrogen) atoms. The van der Waals surface area contributed by atoms with Gasteiger partial charge in [-0.1, -0.05) is 62.9 Å². The number of methoxy groups -OCH3 is 1. The van der Waals surface area contributed by atoms with Crippen LogP contribution in [0, 0.1) is 19.2 Å². The van der Waals surface area contributed by atoms with E-state index < -0.39 is 0 Å². The van der Waals surface area contributed by atoms with E-state index >= 15 is 0 Å². The van der Waals surface area contributed by atoms with Crippen LogP contribution >= 0.6 is 0 Å². The fourth-order valence-electron chi connectivity index (χ4n) is 5.66. The number of carbonyl (C=O) groups is 1. The maximum atomic E-state index is 14.8. The average molecular weight is 603 g/mol. The number of rotatable bonds is 18. The van der Waals surface area contributed by atoms with Crippen molar-refractivity contribution >= 4 is 5.97 Å². The van der Waals surface area contributed by atoms with Crippen molar-refractivity contribution in [2.45, 2.75) is 82.7 Å². The van der Waals surface area contributed by atoms with E-state index in [0.717, 1.165) is 74.8 Å². The third-order valence-electron chi connectivity index (χ3n) is 8.28. The van der Waals surface area contributed by atoms with Crippen LogP contribution in [0.5, 0.6) is 11.5 Å². The molecule has 0 radical (unpaired) electrons. The summed E-state index contributed by atoms with van der Waals surface area (Å²) < 4.78 is 37.0. The number of unbranched alkanes of at least 4 members (excludes halogenated alkanes) is 6. The van der Waals surface area contributed by atoms with Crippen LogP contribution in [-0.2, 0) is 9.47 Å². The van der Waals surface area contributed by atoms with Crippen molar-refractivity contribution in [3.8, 4) is 22.6 Å². The molecule has 3 aromatic carbocycles. The number of hydrogen-bond donors (Lipinski definition) is 0. The zero-order valence-corrected chi connectivity index (χ0v) is 26.1. The van der Waals surface area contributed by atoms with Gasteiger partial charge in [-0.3, -0.25) is 0 Å². The largest absolute Gasteiger partial charge is 0.496 e. The number of esters is 1. The Morgan fingerprint density at radius 2 is 1.45 bits per heavy atom. The van der Waals surface area contributed by atoms with Crippen LogP contribution < -0.4 is 9.47 Å². The van der Waals surface area contributed by atoms with Gasteiger partial charge in [-0.15, -0.1) is 12.8 Å². The molecule has 1 fully saturated rings. The van der Waals surface area contributed by atoms with Gasteiger partial charge in [-0.2, -0.15) is 0 Å². The molecule has 0 heterocycles. The van der Waals surface area contributed by atoms with Gasteiger partial charge in [0.2, 0.25) is 0 Å². The van der Waals surface area contributed by atoms with Crippen molar-refractivity contribution in [3.63, 3.8) is 0 Å². The van der Waals surface area contributed by atoms with Gasteiger partial charge in [-0.05, 0) is 97.5 Å². The predicted molar refractivity (Wildman–Crippen MR) is 174 cm³/mol. The van der Waals surface area contributed by atoms with Gasteiger partial charge in [-0.25, -0.2) is 9.18 Å². The van der Waals surface area contributed by atoms with Gasteiger partial charge >= 0.3 is 5.97 Å². The number of benzene rings is 3. The van der Waals surface area contributed by atoms with Crippen molar-refractivity contribution in [1.82, 2.24) is 0 Å². The molecule has 1 aliphatic rings. The Balaban J connectivity index is 1.18. The second kappa shape index (κ2) is 18.3. The Morgan fingerprint density at radius 1 is 0.795 bits per heavy atom. The van der Waals surface area contributed by atoms with Crippen molar-refractivity contribution in [2.24, 2.45) is 0 Å². The molecule has 0 bridgehead atoms. The molecule has 0 saturated heterocycles. The molecular weight excluding hydrogens is 555 g/mol. The highest BCUT2D eigenvalue weighted by molar-refractivity contribution is 5.89. The Kier molecular flexibility index (Phi) is 13.9. The zero-order valence-electron chi connectivity index (χ0n) is 26.1. The average Bonchev–Trinajstić information content (AvgIpc) is 3.05. The lowest BCUT2D eigenvalue weighted by Crippen LogP contribution is -2.24. The minimum Gasteiger partial charge on any atom is -0.496 e. The quantitative estimate of drug-likeness (QED) is 0.0824. The topological polar surface area (TPSA) is 54.0 Å². The van der Waals surface area contributed by atoms with Crippen molar-refractivity contribution in [1.29, 1.82) is 0 Å². The molecule has 0 amide bonds. The minimum atomic E-state index is -0.327. The molecular formula is C38H47FO5. The van der Waals surface area contributed by atoms with Gasteiger partial charge < -0.3 is 18.9 Å². The maximum Gasteiger partial charge on any atom is 0.338 e. The summed E-state index contributed by atoms with van der Waals surface area (Å²) in [6, 6.07) is 20.7. The molecule has 0 spiro atoms. The molecule has 0 aromatic heterocycles. The van der Waals surface area contributed by atoms with E-state index in [9.17, 15) is 9.18 Å².